The molecular weight excluding hydrogens is 1110 g/mol. The van der Waals surface area contributed by atoms with Gasteiger partial charge in [-0.15, -0.1) is 0 Å². The van der Waals surface area contributed by atoms with Gasteiger partial charge in [0.15, 0.2) is 12.4 Å². The third-order valence-corrected chi connectivity index (χ3v) is 17.9. The summed E-state index contributed by atoms with van der Waals surface area (Å²) in [6.45, 7) is 5.80. The van der Waals surface area contributed by atoms with Crippen LogP contribution in [0.1, 0.15) is 361 Å². The fraction of sp³-hybridized carbons (Fsp3) is 0.846. The van der Waals surface area contributed by atoms with Crippen LogP contribution in [0.5, 0.6) is 0 Å². The Kier molecular flexibility index (Phi) is 62.0. The van der Waals surface area contributed by atoms with E-state index in [0.717, 1.165) is 77.0 Å². The predicted octanol–water partition coefficient (Wildman–Crippen LogP) is 20.1. The number of carbonyl (C=O) groups excluding carboxylic acids is 2. The Labute approximate surface area is 548 Å². The number of esters is 1. The number of unbranched alkanes of at least 4 members (excludes halogenated alkanes) is 44. The van der Waals surface area contributed by atoms with Gasteiger partial charge in [0.2, 0.25) is 5.91 Å². The van der Waals surface area contributed by atoms with Crippen LogP contribution in [-0.4, -0.2) is 99.6 Å². The van der Waals surface area contributed by atoms with E-state index in [9.17, 15) is 35.1 Å². The largest absolute Gasteiger partial charge is 0.454 e. The van der Waals surface area contributed by atoms with Crippen LogP contribution in [0.3, 0.4) is 0 Å². The molecule has 0 spiro atoms. The number of carbonyl (C=O) groups is 2. The molecule has 1 saturated heterocycles. The van der Waals surface area contributed by atoms with Crippen molar-refractivity contribution in [3.05, 3.63) is 60.8 Å². The average molecular weight is 1250 g/mol. The third-order valence-electron chi connectivity index (χ3n) is 17.9. The summed E-state index contributed by atoms with van der Waals surface area (Å²) in [5, 5.41) is 57.3. The Hall–Kier alpha value is -2.64. The molecule has 1 aliphatic rings. The van der Waals surface area contributed by atoms with Crippen molar-refractivity contribution in [1.29, 1.82) is 0 Å². The number of amides is 1. The van der Waals surface area contributed by atoms with E-state index >= 15 is 0 Å². The van der Waals surface area contributed by atoms with Crippen molar-refractivity contribution in [3.8, 4) is 0 Å². The first kappa shape index (κ1) is 84.4. The maximum atomic E-state index is 13.5. The highest BCUT2D eigenvalue weighted by Gasteiger charge is 2.47. The molecule has 0 aliphatic carbocycles. The number of rotatable bonds is 66. The number of aliphatic hydroxyl groups excluding tert-OH is 5. The molecule has 0 aromatic carbocycles. The van der Waals surface area contributed by atoms with E-state index in [1.54, 1.807) is 6.08 Å². The maximum absolute atomic E-state index is 13.5. The summed E-state index contributed by atoms with van der Waals surface area (Å²) in [5.74, 6) is -1.19. The monoisotopic (exact) mass is 1250 g/mol. The minimum Gasteiger partial charge on any atom is -0.454 e. The van der Waals surface area contributed by atoms with E-state index in [1.165, 1.54) is 238 Å². The molecule has 1 aliphatic heterocycles. The highest BCUT2D eigenvalue weighted by Crippen LogP contribution is 2.26. The second-order valence-corrected chi connectivity index (χ2v) is 26.4. The molecule has 8 unspecified atom stereocenters. The maximum Gasteiger partial charge on any atom is 0.306 e. The molecule has 520 valence electrons. The van der Waals surface area contributed by atoms with Gasteiger partial charge in [0, 0.05) is 6.42 Å². The topological polar surface area (TPSA) is 175 Å². The van der Waals surface area contributed by atoms with E-state index in [-0.39, 0.29) is 13.0 Å². The van der Waals surface area contributed by atoms with Crippen molar-refractivity contribution in [2.45, 2.75) is 410 Å². The first-order valence-electron chi connectivity index (χ1n) is 38.1. The highest BCUT2D eigenvalue weighted by molar-refractivity contribution is 5.80. The van der Waals surface area contributed by atoms with Crippen LogP contribution in [0.25, 0.3) is 0 Å². The molecule has 11 heteroatoms. The van der Waals surface area contributed by atoms with Gasteiger partial charge in [-0.25, -0.2) is 0 Å². The van der Waals surface area contributed by atoms with Gasteiger partial charge >= 0.3 is 5.97 Å². The van der Waals surface area contributed by atoms with Crippen LogP contribution in [0.2, 0.25) is 0 Å². The molecule has 8 atom stereocenters. The van der Waals surface area contributed by atoms with Gasteiger partial charge in [-0.05, 0) is 89.9 Å². The van der Waals surface area contributed by atoms with E-state index in [4.69, 9.17) is 14.2 Å². The zero-order valence-electron chi connectivity index (χ0n) is 58.1. The smallest absolute Gasteiger partial charge is 0.306 e. The summed E-state index contributed by atoms with van der Waals surface area (Å²) in [4.78, 5) is 26.7. The first-order chi connectivity index (χ1) is 43.7. The lowest BCUT2D eigenvalue weighted by Crippen LogP contribution is -2.61. The van der Waals surface area contributed by atoms with Crippen LogP contribution < -0.4 is 5.32 Å². The Balaban J connectivity index is 2.50. The lowest BCUT2D eigenvalue weighted by atomic mass is 9.99. The molecule has 6 N–H and O–H groups in total. The molecule has 0 saturated carbocycles. The molecule has 1 rings (SSSR count). The highest BCUT2D eigenvalue weighted by atomic mass is 16.7. The number of hydrogen-bond donors (Lipinski definition) is 6. The van der Waals surface area contributed by atoms with E-state index < -0.39 is 67.4 Å². The van der Waals surface area contributed by atoms with Crippen LogP contribution >= 0.6 is 0 Å². The Bertz CT molecular complexity index is 1680. The fourth-order valence-electron chi connectivity index (χ4n) is 11.9. The van der Waals surface area contributed by atoms with Crippen LogP contribution in [0.4, 0.5) is 0 Å². The second kappa shape index (κ2) is 65.4. The Morgan fingerprint density at radius 3 is 1.19 bits per heavy atom. The minimum absolute atomic E-state index is 0.119. The third kappa shape index (κ3) is 52.4. The number of hydrogen-bond acceptors (Lipinski definition) is 10. The van der Waals surface area contributed by atoms with Crippen molar-refractivity contribution in [3.63, 3.8) is 0 Å². The zero-order valence-corrected chi connectivity index (χ0v) is 58.1. The van der Waals surface area contributed by atoms with Gasteiger partial charge in [-0.1, -0.05) is 326 Å². The molecule has 0 radical (unpaired) electrons. The van der Waals surface area contributed by atoms with E-state index in [0.29, 0.717) is 19.3 Å². The Morgan fingerprint density at radius 1 is 0.438 bits per heavy atom. The summed E-state index contributed by atoms with van der Waals surface area (Å²) in [6.07, 6.45) is 74.2. The zero-order chi connectivity index (χ0) is 64.6. The quantitative estimate of drug-likeness (QED) is 0.0195. The van der Waals surface area contributed by atoms with E-state index in [1.807, 2.05) is 6.08 Å². The van der Waals surface area contributed by atoms with Crippen molar-refractivity contribution >= 4 is 11.9 Å². The first-order valence-corrected chi connectivity index (χ1v) is 38.1. The minimum atomic E-state index is -1.62. The van der Waals surface area contributed by atoms with Crippen LogP contribution in [0.15, 0.2) is 60.8 Å². The molecule has 1 fully saturated rings. The predicted molar refractivity (Wildman–Crippen MR) is 375 cm³/mol. The molecule has 1 amide bonds. The van der Waals surface area contributed by atoms with Gasteiger partial charge in [0.1, 0.15) is 24.4 Å². The van der Waals surface area contributed by atoms with Crippen LogP contribution in [0, 0.1) is 0 Å². The molecular formula is C78H143NO10. The van der Waals surface area contributed by atoms with Crippen molar-refractivity contribution in [2.75, 3.05) is 13.2 Å². The van der Waals surface area contributed by atoms with Crippen molar-refractivity contribution in [2.24, 2.45) is 0 Å². The van der Waals surface area contributed by atoms with Crippen LogP contribution in [-0.2, 0) is 23.8 Å². The number of aliphatic hydroxyl groups is 5. The van der Waals surface area contributed by atoms with Crippen molar-refractivity contribution in [1.82, 2.24) is 5.32 Å². The summed E-state index contributed by atoms with van der Waals surface area (Å²) in [5.41, 5.74) is 0. The summed E-state index contributed by atoms with van der Waals surface area (Å²) in [6, 6.07) is -1.03. The molecule has 11 nitrogen and oxygen atoms in total. The lowest BCUT2D eigenvalue weighted by molar-refractivity contribution is -0.305. The average Bonchev–Trinajstić information content (AvgIpc) is 1.97. The number of nitrogens with one attached hydrogen (secondary N) is 1. The number of ether oxygens (including phenoxy) is 3. The second-order valence-electron chi connectivity index (χ2n) is 26.4. The van der Waals surface area contributed by atoms with Gasteiger partial charge in [-0.2, -0.15) is 0 Å². The van der Waals surface area contributed by atoms with Gasteiger partial charge in [-0.3, -0.25) is 9.59 Å². The molecule has 0 aromatic heterocycles. The SMILES string of the molecule is CCCCC/C=C\C/C=C\C/C=C\CCCCCCCCCCCCC(=O)OC1C(OCC(NC(=O)C(O)CCCCCCCCCCCCCCCCCC/C=C/CCCCCCCC)C(O)/C=C/CCCCCCCCCCC)OC(CO)C(O)C1O. The van der Waals surface area contributed by atoms with Crippen molar-refractivity contribution < 1.29 is 49.3 Å². The Morgan fingerprint density at radius 2 is 0.775 bits per heavy atom. The standard InChI is InChI=1S/C78H143NO10/c1-4-7-10-13-16-19-22-24-26-28-30-32-34-35-36-38-39-41-43-45-47-50-53-56-59-62-65-71(82)77(86)79-69(70(81)64-61-58-55-52-49-21-18-15-12-9-6-3)68-87-78-76(75(85)74(84)72(67-80)88-78)89-73(83)66-63-60-57-54-51-48-46-44-42-40-37-33-31-29-27-25-23-20-17-14-11-8-5-2/h17,20,24-27,31,33,61,64,69-72,74-76,78,80-82,84-85H,4-16,18-19,21-23,28-30,32,34-60,62-63,65-68H2,1-3H3,(H,79,86)/b20-17-,26-24+,27-25-,33-31-,64-61+. The van der Waals surface area contributed by atoms with Gasteiger partial charge in [0.05, 0.1) is 25.4 Å². The van der Waals surface area contributed by atoms with Gasteiger partial charge < -0.3 is 45.1 Å². The lowest BCUT2D eigenvalue weighted by Gasteiger charge is -2.41. The summed E-state index contributed by atoms with van der Waals surface area (Å²) < 4.78 is 17.7. The molecule has 0 bridgehead atoms. The van der Waals surface area contributed by atoms with E-state index in [2.05, 4.69) is 74.7 Å². The van der Waals surface area contributed by atoms with Gasteiger partial charge in [0.25, 0.3) is 0 Å². The molecule has 0 aromatic rings. The summed E-state index contributed by atoms with van der Waals surface area (Å²) >= 11 is 0. The summed E-state index contributed by atoms with van der Waals surface area (Å²) in [7, 11) is 0. The number of allylic oxidation sites excluding steroid dienone is 9. The molecule has 1 heterocycles. The fourth-order valence-corrected chi connectivity index (χ4v) is 11.9. The molecule has 89 heavy (non-hydrogen) atoms. The normalized spacial score (nSPS) is 18.4.